The summed E-state index contributed by atoms with van der Waals surface area (Å²) in [6, 6.07) is 12.6. The molecule has 28 heavy (non-hydrogen) atoms. The first-order chi connectivity index (χ1) is 13.5. The van der Waals surface area contributed by atoms with Gasteiger partial charge in [0.25, 0.3) is 0 Å². The molecule has 0 bridgehead atoms. The van der Waals surface area contributed by atoms with Crippen LogP contribution in [0.15, 0.2) is 47.5 Å². The fourth-order valence-electron chi connectivity index (χ4n) is 2.45. The first-order valence-corrected chi connectivity index (χ1v) is 8.82. The van der Waals surface area contributed by atoms with Crippen LogP contribution in [0.1, 0.15) is 18.1 Å². The van der Waals surface area contributed by atoms with Gasteiger partial charge in [-0.1, -0.05) is 18.2 Å². The van der Waals surface area contributed by atoms with Crippen LogP contribution in [0.3, 0.4) is 0 Å². The Morgan fingerprint density at radius 3 is 2.29 bits per heavy atom. The number of methoxy groups -OCH3 is 2. The summed E-state index contributed by atoms with van der Waals surface area (Å²) < 4.78 is 39.8. The molecule has 0 saturated carbocycles. The molecule has 8 heteroatoms. The molecule has 2 aromatic carbocycles. The molecule has 0 amide bonds. The van der Waals surface area contributed by atoms with E-state index < -0.39 is 6.61 Å². The molecule has 0 heterocycles. The Kier molecular flexibility index (Phi) is 8.33. The number of ether oxygens (including phenoxy) is 3. The Labute approximate surface area is 163 Å². The number of benzene rings is 2. The van der Waals surface area contributed by atoms with Gasteiger partial charge in [-0.05, 0) is 42.3 Å². The SMILES string of the molecule is CCNC(=NCc1ccc(OC)c(OC(F)F)c1)NCc1ccc(OC)cc1. The lowest BCUT2D eigenvalue weighted by Gasteiger charge is -2.13. The maximum absolute atomic E-state index is 12.6. The minimum Gasteiger partial charge on any atom is -0.497 e. The summed E-state index contributed by atoms with van der Waals surface area (Å²) in [5.74, 6) is 1.65. The molecule has 0 fully saturated rings. The normalized spacial score (nSPS) is 11.3. The van der Waals surface area contributed by atoms with Crippen molar-refractivity contribution in [3.05, 3.63) is 53.6 Å². The zero-order valence-corrected chi connectivity index (χ0v) is 16.2. The molecule has 0 saturated heterocycles. The fourth-order valence-corrected chi connectivity index (χ4v) is 2.45. The zero-order valence-electron chi connectivity index (χ0n) is 16.2. The van der Waals surface area contributed by atoms with Crippen molar-refractivity contribution in [1.29, 1.82) is 0 Å². The number of rotatable bonds is 9. The topological polar surface area (TPSA) is 64.1 Å². The number of halogens is 2. The summed E-state index contributed by atoms with van der Waals surface area (Å²) in [5, 5.41) is 6.39. The molecule has 0 unspecified atom stereocenters. The van der Waals surface area contributed by atoms with Crippen LogP contribution in [-0.4, -0.2) is 33.3 Å². The van der Waals surface area contributed by atoms with Crippen molar-refractivity contribution < 1.29 is 23.0 Å². The third kappa shape index (κ3) is 6.61. The minimum atomic E-state index is -2.92. The van der Waals surface area contributed by atoms with Crippen molar-refractivity contribution in [3.8, 4) is 17.2 Å². The highest BCUT2D eigenvalue weighted by Crippen LogP contribution is 2.29. The molecule has 0 spiro atoms. The Morgan fingerprint density at radius 1 is 0.964 bits per heavy atom. The second-order valence-electron chi connectivity index (χ2n) is 5.76. The fraction of sp³-hybridized carbons (Fsp3) is 0.350. The smallest absolute Gasteiger partial charge is 0.387 e. The van der Waals surface area contributed by atoms with E-state index in [1.807, 2.05) is 31.2 Å². The van der Waals surface area contributed by atoms with Crippen molar-refractivity contribution in [2.24, 2.45) is 4.99 Å². The highest BCUT2D eigenvalue weighted by molar-refractivity contribution is 5.79. The van der Waals surface area contributed by atoms with Gasteiger partial charge in [-0.2, -0.15) is 8.78 Å². The predicted octanol–water partition coefficient (Wildman–Crippen LogP) is 3.56. The third-order valence-electron chi connectivity index (χ3n) is 3.83. The van der Waals surface area contributed by atoms with Crippen LogP contribution < -0.4 is 24.8 Å². The average molecular weight is 393 g/mol. The van der Waals surface area contributed by atoms with E-state index in [2.05, 4.69) is 20.4 Å². The summed E-state index contributed by atoms with van der Waals surface area (Å²) in [4.78, 5) is 4.49. The summed E-state index contributed by atoms with van der Waals surface area (Å²) in [6.07, 6.45) is 0. The van der Waals surface area contributed by atoms with E-state index in [9.17, 15) is 8.78 Å². The van der Waals surface area contributed by atoms with Crippen molar-refractivity contribution in [1.82, 2.24) is 10.6 Å². The van der Waals surface area contributed by atoms with Gasteiger partial charge in [-0.25, -0.2) is 4.99 Å². The molecular formula is C20H25F2N3O3. The second kappa shape index (κ2) is 11.0. The number of nitrogens with zero attached hydrogens (tertiary/aromatic N) is 1. The summed E-state index contributed by atoms with van der Waals surface area (Å²) >= 11 is 0. The molecule has 0 aliphatic carbocycles. The van der Waals surface area contributed by atoms with E-state index in [0.717, 1.165) is 16.9 Å². The van der Waals surface area contributed by atoms with Crippen molar-refractivity contribution >= 4 is 5.96 Å². The Morgan fingerprint density at radius 2 is 1.68 bits per heavy atom. The summed E-state index contributed by atoms with van der Waals surface area (Å²) in [7, 11) is 3.03. The molecule has 0 aromatic heterocycles. The summed E-state index contributed by atoms with van der Waals surface area (Å²) in [5.41, 5.74) is 1.79. The van der Waals surface area contributed by atoms with Gasteiger partial charge in [0.2, 0.25) is 0 Å². The molecule has 0 radical (unpaired) electrons. The van der Waals surface area contributed by atoms with Crippen molar-refractivity contribution in [2.75, 3.05) is 20.8 Å². The first-order valence-electron chi connectivity index (χ1n) is 8.82. The van der Waals surface area contributed by atoms with Crippen molar-refractivity contribution in [2.45, 2.75) is 26.6 Å². The predicted molar refractivity (Wildman–Crippen MR) is 104 cm³/mol. The zero-order chi connectivity index (χ0) is 20.4. The third-order valence-corrected chi connectivity index (χ3v) is 3.83. The van der Waals surface area contributed by atoms with Gasteiger partial charge in [0.1, 0.15) is 5.75 Å². The quantitative estimate of drug-likeness (QED) is 0.504. The molecule has 0 atom stereocenters. The van der Waals surface area contributed by atoms with Gasteiger partial charge in [-0.3, -0.25) is 0 Å². The van der Waals surface area contributed by atoms with Crippen molar-refractivity contribution in [3.63, 3.8) is 0 Å². The van der Waals surface area contributed by atoms with E-state index in [0.29, 0.717) is 25.6 Å². The second-order valence-corrected chi connectivity index (χ2v) is 5.76. The van der Waals surface area contributed by atoms with Crippen LogP contribution in [0.25, 0.3) is 0 Å². The molecule has 6 nitrogen and oxygen atoms in total. The number of alkyl halides is 2. The lowest BCUT2D eigenvalue weighted by molar-refractivity contribution is -0.0512. The molecular weight excluding hydrogens is 368 g/mol. The van der Waals surface area contributed by atoms with E-state index >= 15 is 0 Å². The molecule has 2 aromatic rings. The van der Waals surface area contributed by atoms with Crippen LogP contribution in [-0.2, 0) is 13.1 Å². The number of hydrogen-bond acceptors (Lipinski definition) is 4. The van der Waals surface area contributed by atoms with E-state index in [-0.39, 0.29) is 11.5 Å². The lowest BCUT2D eigenvalue weighted by Crippen LogP contribution is -2.36. The Balaban J connectivity index is 2.04. The standard InChI is InChI=1S/C20H25F2N3O3/c1-4-23-20(24-12-14-5-8-16(26-2)9-6-14)25-13-15-7-10-17(27-3)18(11-15)28-19(21)22/h5-11,19H,4,12-13H2,1-3H3,(H2,23,24,25). The van der Waals surface area contributed by atoms with Gasteiger partial charge < -0.3 is 24.8 Å². The van der Waals surface area contributed by atoms with Crippen LogP contribution >= 0.6 is 0 Å². The van der Waals surface area contributed by atoms with E-state index in [1.165, 1.54) is 13.2 Å². The minimum absolute atomic E-state index is 0.0126. The van der Waals surface area contributed by atoms with E-state index in [4.69, 9.17) is 9.47 Å². The number of aliphatic imine (C=N–C) groups is 1. The Bertz CT molecular complexity index is 768. The van der Waals surface area contributed by atoms with Gasteiger partial charge in [0.15, 0.2) is 17.5 Å². The van der Waals surface area contributed by atoms with Crippen LogP contribution in [0.4, 0.5) is 8.78 Å². The largest absolute Gasteiger partial charge is 0.497 e. The summed E-state index contributed by atoms with van der Waals surface area (Å²) in [6.45, 7) is 0.611. The van der Waals surface area contributed by atoms with Gasteiger partial charge in [-0.15, -0.1) is 0 Å². The van der Waals surface area contributed by atoms with Crippen LogP contribution in [0, 0.1) is 0 Å². The average Bonchev–Trinajstić information content (AvgIpc) is 2.70. The monoisotopic (exact) mass is 393 g/mol. The first kappa shape index (κ1) is 21.3. The van der Waals surface area contributed by atoms with Crippen LogP contribution in [0.2, 0.25) is 0 Å². The van der Waals surface area contributed by atoms with Crippen LogP contribution in [0.5, 0.6) is 17.2 Å². The maximum atomic E-state index is 12.6. The highest BCUT2D eigenvalue weighted by atomic mass is 19.3. The Hall–Kier alpha value is -3.03. The molecule has 2 N–H and O–H groups in total. The van der Waals surface area contributed by atoms with E-state index in [1.54, 1.807) is 19.2 Å². The van der Waals surface area contributed by atoms with Gasteiger partial charge >= 0.3 is 6.61 Å². The molecule has 0 aliphatic heterocycles. The van der Waals surface area contributed by atoms with Gasteiger partial charge in [0.05, 0.1) is 20.8 Å². The molecule has 152 valence electrons. The number of guanidine groups is 1. The molecule has 0 aliphatic rings. The highest BCUT2D eigenvalue weighted by Gasteiger charge is 2.11. The lowest BCUT2D eigenvalue weighted by atomic mass is 10.2. The number of hydrogen-bond donors (Lipinski definition) is 2. The van der Waals surface area contributed by atoms with Gasteiger partial charge in [0, 0.05) is 13.1 Å². The number of nitrogens with one attached hydrogen (secondary N) is 2. The maximum Gasteiger partial charge on any atom is 0.387 e. The molecule has 2 rings (SSSR count).